The number of carbonyl (C=O) groups excluding carboxylic acids is 1. The first-order valence-electron chi connectivity index (χ1n) is 6.98. The summed E-state index contributed by atoms with van der Waals surface area (Å²) in [5, 5.41) is 14.0. The molecule has 0 saturated carbocycles. The number of hydrogen-bond acceptors (Lipinski definition) is 2. The number of nitrogens with one attached hydrogen (secondary N) is 1. The molecule has 0 fully saturated rings. The SMILES string of the molecule is CC(C)CC(=O)NC(C(=O)O)c1ccc2ccccc2c1. The first kappa shape index (κ1) is 15.0. The molecule has 2 rings (SSSR count). The Morgan fingerprint density at radius 1 is 1.10 bits per heavy atom. The molecule has 0 aliphatic rings. The molecule has 1 atom stereocenters. The van der Waals surface area contributed by atoms with Crippen LogP contribution in [0.3, 0.4) is 0 Å². The Morgan fingerprint density at radius 3 is 2.38 bits per heavy atom. The fourth-order valence-electron chi connectivity index (χ4n) is 2.27. The second kappa shape index (κ2) is 6.39. The van der Waals surface area contributed by atoms with Crippen molar-refractivity contribution in [2.45, 2.75) is 26.3 Å². The monoisotopic (exact) mass is 285 g/mol. The fourth-order valence-corrected chi connectivity index (χ4v) is 2.27. The summed E-state index contributed by atoms with van der Waals surface area (Å²) in [5.41, 5.74) is 0.582. The molecule has 0 saturated heterocycles. The minimum absolute atomic E-state index is 0.191. The van der Waals surface area contributed by atoms with Crippen LogP contribution in [0.2, 0.25) is 0 Å². The number of aliphatic carboxylic acids is 1. The normalized spacial score (nSPS) is 12.3. The maximum absolute atomic E-state index is 11.8. The predicted octanol–water partition coefficient (Wildman–Crippen LogP) is 3.13. The summed E-state index contributed by atoms with van der Waals surface area (Å²) >= 11 is 0. The molecule has 110 valence electrons. The number of hydrogen-bond donors (Lipinski definition) is 2. The van der Waals surface area contributed by atoms with E-state index in [2.05, 4.69) is 5.32 Å². The number of fused-ring (bicyclic) bond motifs is 1. The highest BCUT2D eigenvalue weighted by Crippen LogP contribution is 2.21. The van der Waals surface area contributed by atoms with Gasteiger partial charge in [0.2, 0.25) is 5.91 Å². The van der Waals surface area contributed by atoms with Gasteiger partial charge in [-0.3, -0.25) is 4.79 Å². The lowest BCUT2D eigenvalue weighted by Gasteiger charge is -2.16. The van der Waals surface area contributed by atoms with Crippen molar-refractivity contribution in [2.75, 3.05) is 0 Å². The Labute approximate surface area is 123 Å². The van der Waals surface area contributed by atoms with Gasteiger partial charge in [0.25, 0.3) is 0 Å². The third-order valence-electron chi connectivity index (χ3n) is 3.25. The van der Waals surface area contributed by atoms with Gasteiger partial charge in [0.05, 0.1) is 0 Å². The molecule has 2 aromatic rings. The molecular formula is C17H19NO3. The van der Waals surface area contributed by atoms with Gasteiger partial charge < -0.3 is 10.4 Å². The molecule has 1 amide bonds. The van der Waals surface area contributed by atoms with Crippen molar-refractivity contribution >= 4 is 22.6 Å². The Balaban J connectivity index is 2.27. The average Bonchev–Trinajstić information content (AvgIpc) is 2.43. The summed E-state index contributed by atoms with van der Waals surface area (Å²) < 4.78 is 0. The minimum Gasteiger partial charge on any atom is -0.479 e. The van der Waals surface area contributed by atoms with E-state index in [4.69, 9.17) is 0 Å². The predicted molar refractivity (Wildman–Crippen MR) is 81.9 cm³/mol. The summed E-state index contributed by atoms with van der Waals surface area (Å²) in [7, 11) is 0. The Hall–Kier alpha value is -2.36. The molecule has 1 unspecified atom stereocenters. The van der Waals surface area contributed by atoms with E-state index in [1.54, 1.807) is 6.07 Å². The van der Waals surface area contributed by atoms with E-state index in [-0.39, 0.29) is 11.8 Å². The quantitative estimate of drug-likeness (QED) is 0.887. The van der Waals surface area contributed by atoms with Gasteiger partial charge in [-0.15, -0.1) is 0 Å². The standard InChI is InChI=1S/C17H19NO3/c1-11(2)9-15(19)18-16(17(20)21)14-8-7-12-5-3-4-6-13(12)10-14/h3-8,10-11,16H,9H2,1-2H3,(H,18,19)(H,20,21). The minimum atomic E-state index is -1.05. The third-order valence-corrected chi connectivity index (χ3v) is 3.25. The summed E-state index contributed by atoms with van der Waals surface area (Å²) in [6.07, 6.45) is 0.317. The Kier molecular flexibility index (Phi) is 4.58. The summed E-state index contributed by atoms with van der Waals surface area (Å²) in [6, 6.07) is 12.1. The number of rotatable bonds is 5. The smallest absolute Gasteiger partial charge is 0.330 e. The largest absolute Gasteiger partial charge is 0.479 e. The van der Waals surface area contributed by atoms with Gasteiger partial charge in [-0.05, 0) is 28.3 Å². The van der Waals surface area contributed by atoms with Gasteiger partial charge in [0, 0.05) is 6.42 Å². The van der Waals surface area contributed by atoms with Crippen molar-refractivity contribution in [3.63, 3.8) is 0 Å². The molecule has 0 aliphatic heterocycles. The maximum Gasteiger partial charge on any atom is 0.330 e. The van der Waals surface area contributed by atoms with Crippen LogP contribution in [0.1, 0.15) is 31.9 Å². The van der Waals surface area contributed by atoms with Crippen LogP contribution in [0.5, 0.6) is 0 Å². The van der Waals surface area contributed by atoms with Crippen molar-refractivity contribution in [1.29, 1.82) is 0 Å². The fraction of sp³-hybridized carbons (Fsp3) is 0.294. The molecule has 2 N–H and O–H groups in total. The van der Waals surface area contributed by atoms with Crippen LogP contribution in [-0.4, -0.2) is 17.0 Å². The van der Waals surface area contributed by atoms with Crippen molar-refractivity contribution in [1.82, 2.24) is 5.32 Å². The third kappa shape index (κ3) is 3.81. The molecule has 4 nitrogen and oxygen atoms in total. The van der Waals surface area contributed by atoms with Gasteiger partial charge in [0.1, 0.15) is 0 Å². The Bertz CT molecular complexity index is 664. The van der Waals surface area contributed by atoms with Crippen molar-refractivity contribution < 1.29 is 14.7 Å². The van der Waals surface area contributed by atoms with E-state index < -0.39 is 12.0 Å². The molecular weight excluding hydrogens is 266 g/mol. The van der Waals surface area contributed by atoms with Crippen LogP contribution in [-0.2, 0) is 9.59 Å². The highest BCUT2D eigenvalue weighted by atomic mass is 16.4. The van der Waals surface area contributed by atoms with Crippen LogP contribution < -0.4 is 5.32 Å². The summed E-state index contributed by atoms with van der Waals surface area (Å²) in [5.74, 6) is -1.11. The Morgan fingerprint density at radius 2 is 1.76 bits per heavy atom. The molecule has 2 aromatic carbocycles. The van der Waals surface area contributed by atoms with E-state index in [1.807, 2.05) is 50.2 Å². The molecule has 0 aromatic heterocycles. The van der Waals surface area contributed by atoms with E-state index in [0.717, 1.165) is 10.8 Å². The zero-order chi connectivity index (χ0) is 15.4. The lowest BCUT2D eigenvalue weighted by Crippen LogP contribution is -2.34. The van der Waals surface area contributed by atoms with E-state index >= 15 is 0 Å². The van der Waals surface area contributed by atoms with Gasteiger partial charge >= 0.3 is 5.97 Å². The lowest BCUT2D eigenvalue weighted by molar-refractivity contribution is -0.142. The number of carboxylic acids is 1. The van der Waals surface area contributed by atoms with Crippen molar-refractivity contribution in [3.8, 4) is 0 Å². The number of carbonyl (C=O) groups is 2. The first-order chi connectivity index (χ1) is 9.97. The molecule has 0 spiro atoms. The van der Waals surface area contributed by atoms with Crippen LogP contribution >= 0.6 is 0 Å². The summed E-state index contributed by atoms with van der Waals surface area (Å²) in [4.78, 5) is 23.3. The number of benzene rings is 2. The highest BCUT2D eigenvalue weighted by molar-refractivity contribution is 5.88. The number of carboxylic acid groups (broad SMARTS) is 1. The molecule has 0 heterocycles. The lowest BCUT2D eigenvalue weighted by atomic mass is 10.0. The zero-order valence-electron chi connectivity index (χ0n) is 12.2. The maximum atomic E-state index is 11.8. The topological polar surface area (TPSA) is 66.4 Å². The van der Waals surface area contributed by atoms with Crippen LogP contribution in [0.15, 0.2) is 42.5 Å². The van der Waals surface area contributed by atoms with Gasteiger partial charge in [-0.1, -0.05) is 50.2 Å². The van der Waals surface area contributed by atoms with Gasteiger partial charge in [0.15, 0.2) is 6.04 Å². The van der Waals surface area contributed by atoms with Crippen molar-refractivity contribution in [3.05, 3.63) is 48.0 Å². The zero-order valence-corrected chi connectivity index (χ0v) is 12.2. The van der Waals surface area contributed by atoms with Crippen molar-refractivity contribution in [2.24, 2.45) is 5.92 Å². The number of amides is 1. The molecule has 0 radical (unpaired) electrons. The van der Waals surface area contributed by atoms with Crippen LogP contribution in [0.4, 0.5) is 0 Å². The summed E-state index contributed by atoms with van der Waals surface area (Å²) in [6.45, 7) is 3.84. The first-order valence-corrected chi connectivity index (χ1v) is 6.98. The highest BCUT2D eigenvalue weighted by Gasteiger charge is 2.22. The molecule has 21 heavy (non-hydrogen) atoms. The van der Waals surface area contributed by atoms with Crippen LogP contribution in [0, 0.1) is 5.92 Å². The second-order valence-electron chi connectivity index (χ2n) is 5.54. The second-order valence-corrected chi connectivity index (χ2v) is 5.54. The van der Waals surface area contributed by atoms with E-state index in [9.17, 15) is 14.7 Å². The van der Waals surface area contributed by atoms with E-state index in [1.165, 1.54) is 0 Å². The van der Waals surface area contributed by atoms with Gasteiger partial charge in [-0.25, -0.2) is 4.79 Å². The average molecular weight is 285 g/mol. The molecule has 4 heteroatoms. The van der Waals surface area contributed by atoms with Gasteiger partial charge in [-0.2, -0.15) is 0 Å². The van der Waals surface area contributed by atoms with Crippen LogP contribution in [0.25, 0.3) is 10.8 Å². The molecule has 0 aliphatic carbocycles. The molecule has 0 bridgehead atoms. The van der Waals surface area contributed by atoms with E-state index in [0.29, 0.717) is 12.0 Å².